The highest BCUT2D eigenvalue weighted by Crippen LogP contribution is 2.27. The van der Waals surface area contributed by atoms with Gasteiger partial charge in [-0.2, -0.15) is 5.26 Å². The summed E-state index contributed by atoms with van der Waals surface area (Å²) in [5, 5.41) is 8.95. The molecule has 1 aromatic heterocycles. The lowest BCUT2D eigenvalue weighted by Crippen LogP contribution is -2.37. The van der Waals surface area contributed by atoms with Crippen LogP contribution >= 0.6 is 0 Å². The summed E-state index contributed by atoms with van der Waals surface area (Å²) in [5.74, 6) is 0.996. The van der Waals surface area contributed by atoms with E-state index in [1.54, 1.807) is 11.8 Å². The van der Waals surface area contributed by atoms with E-state index in [-0.39, 0.29) is 5.91 Å². The predicted molar refractivity (Wildman–Crippen MR) is 78.2 cm³/mol. The molecule has 0 saturated carbocycles. The van der Waals surface area contributed by atoms with Crippen molar-refractivity contribution in [3.05, 3.63) is 41.3 Å². The molecule has 0 bridgehead atoms. The lowest BCUT2D eigenvalue weighted by atomic mass is 10.0. The van der Waals surface area contributed by atoms with Gasteiger partial charge in [-0.25, -0.2) is 4.98 Å². The summed E-state index contributed by atoms with van der Waals surface area (Å²) in [4.78, 5) is 17.7. The highest BCUT2D eigenvalue weighted by molar-refractivity contribution is 5.73. The first-order valence-electron chi connectivity index (χ1n) is 6.91. The number of carbonyl (C=O) groups excluding carboxylic acids is 1. The zero-order valence-electron chi connectivity index (χ0n) is 12.1. The van der Waals surface area contributed by atoms with Crippen LogP contribution in [0.25, 0.3) is 11.3 Å². The van der Waals surface area contributed by atoms with E-state index in [9.17, 15) is 4.79 Å². The molecule has 0 spiro atoms. The predicted octanol–water partition coefficient (Wildman–Crippen LogP) is 2.09. The van der Waals surface area contributed by atoms with Crippen molar-refractivity contribution in [2.75, 3.05) is 6.54 Å². The summed E-state index contributed by atoms with van der Waals surface area (Å²) in [6.45, 7) is 5.61. The number of carbonyl (C=O) groups is 1. The minimum absolute atomic E-state index is 0.0837. The number of amides is 1. The number of fused-ring (bicyclic) bond motifs is 1. The Labute approximate surface area is 123 Å². The van der Waals surface area contributed by atoms with Gasteiger partial charge in [-0.15, -0.1) is 0 Å². The van der Waals surface area contributed by atoms with Crippen molar-refractivity contribution in [3.63, 3.8) is 0 Å². The maximum Gasteiger partial charge on any atom is 0.219 e. The first-order chi connectivity index (χ1) is 10.1. The molecule has 1 aromatic carbocycles. The van der Waals surface area contributed by atoms with Crippen LogP contribution in [0.2, 0.25) is 0 Å². The first-order valence-corrected chi connectivity index (χ1v) is 6.91. The van der Waals surface area contributed by atoms with E-state index in [1.807, 2.05) is 31.3 Å². The quantitative estimate of drug-likeness (QED) is 0.803. The average molecular weight is 280 g/mol. The van der Waals surface area contributed by atoms with Gasteiger partial charge in [0.05, 0.1) is 30.1 Å². The van der Waals surface area contributed by atoms with E-state index in [0.717, 1.165) is 29.2 Å². The largest absolute Gasteiger partial charge is 0.334 e. The Balaban J connectivity index is 2.00. The van der Waals surface area contributed by atoms with Crippen molar-refractivity contribution in [1.82, 2.24) is 14.5 Å². The molecule has 21 heavy (non-hydrogen) atoms. The molecule has 1 aliphatic heterocycles. The SMILES string of the molecule is CC(=O)N1CCn2c(-c3ccc(C#N)cc3C)cnc2C1. The number of imidazole rings is 1. The maximum absolute atomic E-state index is 11.5. The molecule has 0 N–H and O–H groups in total. The standard InChI is InChI=1S/C16H16N4O/c1-11-7-13(8-17)3-4-14(11)15-9-18-16-10-19(12(2)21)5-6-20(15)16/h3-4,7,9H,5-6,10H2,1-2H3. The van der Waals surface area contributed by atoms with Gasteiger partial charge in [0.25, 0.3) is 0 Å². The monoisotopic (exact) mass is 280 g/mol. The van der Waals surface area contributed by atoms with Crippen LogP contribution in [0, 0.1) is 18.3 Å². The Bertz CT molecular complexity index is 754. The Morgan fingerprint density at radius 3 is 2.86 bits per heavy atom. The van der Waals surface area contributed by atoms with Crippen molar-refractivity contribution in [2.45, 2.75) is 26.9 Å². The number of hydrogen-bond donors (Lipinski definition) is 0. The zero-order chi connectivity index (χ0) is 15.0. The molecule has 0 saturated heterocycles. The van der Waals surface area contributed by atoms with E-state index in [1.165, 1.54) is 0 Å². The molecular formula is C16H16N4O. The van der Waals surface area contributed by atoms with Gasteiger partial charge in [0.15, 0.2) is 0 Å². The number of aromatic nitrogens is 2. The van der Waals surface area contributed by atoms with Crippen LogP contribution in [0.1, 0.15) is 23.9 Å². The fourth-order valence-electron chi connectivity index (χ4n) is 2.76. The van der Waals surface area contributed by atoms with Gasteiger partial charge in [0.1, 0.15) is 5.82 Å². The summed E-state index contributed by atoms with van der Waals surface area (Å²) in [6.07, 6.45) is 1.85. The lowest BCUT2D eigenvalue weighted by Gasteiger charge is -2.27. The summed E-state index contributed by atoms with van der Waals surface area (Å²) < 4.78 is 2.16. The third-order valence-corrected chi connectivity index (χ3v) is 3.94. The van der Waals surface area contributed by atoms with Gasteiger partial charge >= 0.3 is 0 Å². The van der Waals surface area contributed by atoms with E-state index in [4.69, 9.17) is 5.26 Å². The number of nitriles is 1. The topological polar surface area (TPSA) is 61.9 Å². The van der Waals surface area contributed by atoms with Crippen molar-refractivity contribution in [1.29, 1.82) is 5.26 Å². The van der Waals surface area contributed by atoms with Gasteiger partial charge in [-0.1, -0.05) is 6.07 Å². The second-order valence-electron chi connectivity index (χ2n) is 5.29. The summed E-state index contributed by atoms with van der Waals surface area (Å²) in [6, 6.07) is 7.84. The smallest absolute Gasteiger partial charge is 0.219 e. The molecule has 0 aliphatic carbocycles. The highest BCUT2D eigenvalue weighted by Gasteiger charge is 2.22. The minimum atomic E-state index is 0.0837. The van der Waals surface area contributed by atoms with Crippen LogP contribution in [-0.2, 0) is 17.9 Å². The van der Waals surface area contributed by atoms with Crippen LogP contribution in [0.3, 0.4) is 0 Å². The average Bonchev–Trinajstić information content (AvgIpc) is 2.89. The molecule has 0 fully saturated rings. The van der Waals surface area contributed by atoms with Gasteiger partial charge in [-0.3, -0.25) is 4.79 Å². The zero-order valence-corrected chi connectivity index (χ0v) is 12.1. The fourth-order valence-corrected chi connectivity index (χ4v) is 2.76. The number of nitrogens with zero attached hydrogens (tertiary/aromatic N) is 4. The number of benzene rings is 1. The third-order valence-electron chi connectivity index (χ3n) is 3.94. The summed E-state index contributed by atoms with van der Waals surface area (Å²) in [5.41, 5.74) is 3.86. The number of rotatable bonds is 1. The number of aryl methyl sites for hydroxylation is 1. The maximum atomic E-state index is 11.5. The van der Waals surface area contributed by atoms with Gasteiger partial charge < -0.3 is 9.47 Å². The number of hydrogen-bond acceptors (Lipinski definition) is 3. The normalized spacial score (nSPS) is 13.7. The molecule has 1 amide bonds. The van der Waals surface area contributed by atoms with Gasteiger partial charge in [-0.05, 0) is 24.6 Å². The van der Waals surface area contributed by atoms with Crippen molar-refractivity contribution in [3.8, 4) is 17.3 Å². The molecule has 0 unspecified atom stereocenters. The highest BCUT2D eigenvalue weighted by atomic mass is 16.2. The molecule has 5 nitrogen and oxygen atoms in total. The van der Waals surface area contributed by atoms with Crippen LogP contribution in [-0.4, -0.2) is 26.9 Å². The van der Waals surface area contributed by atoms with Crippen LogP contribution < -0.4 is 0 Å². The molecule has 1 aliphatic rings. The van der Waals surface area contributed by atoms with E-state index >= 15 is 0 Å². The van der Waals surface area contributed by atoms with Crippen LogP contribution in [0.15, 0.2) is 24.4 Å². The van der Waals surface area contributed by atoms with Crippen LogP contribution in [0.5, 0.6) is 0 Å². The second kappa shape index (κ2) is 5.06. The Hall–Kier alpha value is -2.61. The van der Waals surface area contributed by atoms with E-state index in [0.29, 0.717) is 18.7 Å². The molecule has 2 heterocycles. The van der Waals surface area contributed by atoms with E-state index in [2.05, 4.69) is 15.6 Å². The first kappa shape index (κ1) is 13.4. The molecule has 0 atom stereocenters. The molecular weight excluding hydrogens is 264 g/mol. The second-order valence-corrected chi connectivity index (χ2v) is 5.29. The Kier molecular flexibility index (Phi) is 3.22. The summed E-state index contributed by atoms with van der Waals surface area (Å²) in [7, 11) is 0. The minimum Gasteiger partial charge on any atom is -0.334 e. The Morgan fingerprint density at radius 1 is 1.38 bits per heavy atom. The lowest BCUT2D eigenvalue weighted by molar-refractivity contribution is -0.130. The van der Waals surface area contributed by atoms with Crippen LogP contribution in [0.4, 0.5) is 0 Å². The molecule has 3 rings (SSSR count). The fraction of sp³-hybridized carbons (Fsp3) is 0.312. The van der Waals surface area contributed by atoms with Crippen molar-refractivity contribution < 1.29 is 4.79 Å². The Morgan fingerprint density at radius 2 is 2.19 bits per heavy atom. The third kappa shape index (κ3) is 2.29. The molecule has 5 heteroatoms. The van der Waals surface area contributed by atoms with E-state index < -0.39 is 0 Å². The van der Waals surface area contributed by atoms with Crippen molar-refractivity contribution in [2.24, 2.45) is 0 Å². The summed E-state index contributed by atoms with van der Waals surface area (Å²) >= 11 is 0. The molecule has 0 radical (unpaired) electrons. The molecule has 106 valence electrons. The van der Waals surface area contributed by atoms with Crippen molar-refractivity contribution >= 4 is 5.91 Å². The van der Waals surface area contributed by atoms with Gasteiger partial charge in [0, 0.05) is 25.6 Å². The molecule has 2 aromatic rings. The van der Waals surface area contributed by atoms with Gasteiger partial charge in [0.2, 0.25) is 5.91 Å².